The number of fused-ring (bicyclic) bond motifs is 1. The number of carbonyl (C=O) groups excluding carboxylic acids is 2. The van der Waals surface area contributed by atoms with Crippen molar-refractivity contribution in [3.63, 3.8) is 0 Å². The van der Waals surface area contributed by atoms with E-state index >= 15 is 0 Å². The standard InChI is InChI=1S/C29H33N3O4S/c1-7-30(8-2)21-11-12-24-18(5)13-22(36-25(24)16-21)17-23-15-20(14-19(6)35-23)26-27(33)31(9-3)29(37)32(10-4)28(26)34/h11-17H,7-10H2,1-6H3. The monoisotopic (exact) mass is 519 g/mol. The number of amides is 2. The van der Waals surface area contributed by atoms with Crippen LogP contribution in [0.25, 0.3) is 5.57 Å². The molecular weight excluding hydrogens is 486 g/mol. The number of carbonyl (C=O) groups is 2. The summed E-state index contributed by atoms with van der Waals surface area (Å²) in [4.78, 5) is 31.6. The first-order valence-corrected chi connectivity index (χ1v) is 13.1. The fourth-order valence-electron chi connectivity index (χ4n) is 4.73. The first kappa shape index (κ1) is 26.4. The number of hydrogen-bond donors (Lipinski definition) is 0. The third-order valence-corrected chi connectivity index (χ3v) is 7.07. The van der Waals surface area contributed by atoms with Crippen molar-refractivity contribution in [3.05, 3.63) is 76.5 Å². The smallest absolute Gasteiger partial charge is 0.266 e. The Balaban J connectivity index is 1.73. The Morgan fingerprint density at radius 3 is 2.16 bits per heavy atom. The van der Waals surface area contributed by atoms with Gasteiger partial charge in [0.05, 0.1) is 0 Å². The minimum atomic E-state index is -0.395. The molecule has 4 rings (SSSR count). The van der Waals surface area contributed by atoms with Gasteiger partial charge in [-0.15, -0.1) is 0 Å². The van der Waals surface area contributed by atoms with Crippen LogP contribution in [-0.4, -0.2) is 52.9 Å². The number of rotatable bonds is 6. The highest BCUT2D eigenvalue weighted by atomic mass is 32.1. The van der Waals surface area contributed by atoms with Gasteiger partial charge in [-0.25, -0.2) is 0 Å². The van der Waals surface area contributed by atoms with Gasteiger partial charge in [0.1, 0.15) is 28.6 Å². The Bertz CT molecular complexity index is 1290. The highest BCUT2D eigenvalue weighted by molar-refractivity contribution is 7.80. The van der Waals surface area contributed by atoms with Crippen LogP contribution in [0.3, 0.4) is 0 Å². The summed E-state index contributed by atoms with van der Waals surface area (Å²) in [5.74, 6) is 1.64. The van der Waals surface area contributed by atoms with Crippen molar-refractivity contribution in [1.82, 2.24) is 9.80 Å². The fourth-order valence-corrected chi connectivity index (χ4v) is 5.15. The third-order valence-electron chi connectivity index (χ3n) is 6.63. The molecule has 1 aromatic carbocycles. The predicted molar refractivity (Wildman–Crippen MR) is 150 cm³/mol. The lowest BCUT2D eigenvalue weighted by Gasteiger charge is -2.36. The molecule has 0 aliphatic carbocycles. The summed E-state index contributed by atoms with van der Waals surface area (Å²) in [5.41, 5.74) is 3.79. The number of benzene rings is 1. The maximum absolute atomic E-state index is 13.2. The predicted octanol–water partition coefficient (Wildman–Crippen LogP) is 5.32. The van der Waals surface area contributed by atoms with E-state index in [0.29, 0.717) is 35.9 Å². The molecule has 0 spiro atoms. The van der Waals surface area contributed by atoms with Crippen molar-refractivity contribution in [2.45, 2.75) is 41.5 Å². The van der Waals surface area contributed by atoms with Crippen molar-refractivity contribution in [1.29, 1.82) is 0 Å². The van der Waals surface area contributed by atoms with E-state index < -0.39 is 11.8 Å². The highest BCUT2D eigenvalue weighted by Gasteiger charge is 2.39. The van der Waals surface area contributed by atoms with Gasteiger partial charge in [0.25, 0.3) is 11.8 Å². The zero-order valence-corrected chi connectivity index (χ0v) is 23.1. The van der Waals surface area contributed by atoms with Crippen LogP contribution in [0.4, 0.5) is 5.69 Å². The van der Waals surface area contributed by atoms with Crippen LogP contribution in [0.1, 0.15) is 47.1 Å². The van der Waals surface area contributed by atoms with Crippen LogP contribution in [0.5, 0.6) is 5.75 Å². The average molecular weight is 520 g/mol. The molecule has 0 aromatic heterocycles. The van der Waals surface area contributed by atoms with E-state index in [0.717, 1.165) is 35.7 Å². The highest BCUT2D eigenvalue weighted by Crippen LogP contribution is 2.37. The van der Waals surface area contributed by atoms with Gasteiger partial charge in [-0.2, -0.15) is 0 Å². The van der Waals surface area contributed by atoms with Crippen molar-refractivity contribution in [2.75, 3.05) is 31.1 Å². The largest absolute Gasteiger partial charge is 0.462 e. The molecule has 1 aromatic rings. The van der Waals surface area contributed by atoms with Crippen molar-refractivity contribution in [2.24, 2.45) is 0 Å². The van der Waals surface area contributed by atoms with Crippen LogP contribution in [-0.2, 0) is 14.3 Å². The number of anilines is 1. The van der Waals surface area contributed by atoms with Crippen molar-refractivity contribution in [3.8, 4) is 5.75 Å². The lowest BCUT2D eigenvalue weighted by atomic mass is 9.99. The molecule has 1 saturated heterocycles. The minimum Gasteiger partial charge on any atom is -0.462 e. The normalized spacial score (nSPS) is 18.8. The molecule has 0 radical (unpaired) electrons. The molecule has 3 heterocycles. The molecule has 1 fully saturated rings. The van der Waals surface area contributed by atoms with E-state index in [4.69, 9.17) is 21.7 Å². The lowest BCUT2D eigenvalue weighted by Crippen LogP contribution is -2.56. The van der Waals surface area contributed by atoms with Crippen LogP contribution >= 0.6 is 12.2 Å². The Morgan fingerprint density at radius 2 is 1.57 bits per heavy atom. The van der Waals surface area contributed by atoms with Gasteiger partial charge < -0.3 is 14.4 Å². The zero-order chi connectivity index (χ0) is 26.9. The van der Waals surface area contributed by atoms with Gasteiger partial charge in [-0.1, -0.05) is 0 Å². The molecule has 2 amide bonds. The molecule has 37 heavy (non-hydrogen) atoms. The number of ether oxygens (including phenoxy) is 2. The summed E-state index contributed by atoms with van der Waals surface area (Å²) in [6.07, 6.45) is 7.15. The molecule has 7 nitrogen and oxygen atoms in total. The van der Waals surface area contributed by atoms with Crippen LogP contribution < -0.4 is 9.64 Å². The van der Waals surface area contributed by atoms with E-state index in [9.17, 15) is 9.59 Å². The molecule has 3 aliphatic rings. The summed E-state index contributed by atoms with van der Waals surface area (Å²) in [6, 6.07) is 6.26. The van der Waals surface area contributed by atoms with Gasteiger partial charge in [-0.05, 0) is 95.3 Å². The van der Waals surface area contributed by atoms with E-state index in [2.05, 4.69) is 36.9 Å². The van der Waals surface area contributed by atoms with Crippen LogP contribution in [0.2, 0.25) is 0 Å². The molecule has 0 bridgehead atoms. The maximum Gasteiger partial charge on any atom is 0.266 e. The van der Waals surface area contributed by atoms with E-state index in [1.807, 2.05) is 26.8 Å². The van der Waals surface area contributed by atoms with Gasteiger partial charge >= 0.3 is 0 Å². The number of hydrogen-bond acceptors (Lipinski definition) is 6. The first-order chi connectivity index (χ1) is 17.7. The Morgan fingerprint density at radius 1 is 0.919 bits per heavy atom. The minimum absolute atomic E-state index is 0.0846. The fraction of sp³-hybridized carbons (Fsp3) is 0.345. The second-order valence-electron chi connectivity index (χ2n) is 8.94. The Labute approximate surface area is 224 Å². The molecule has 0 N–H and O–H groups in total. The Hall–Kier alpha value is -3.65. The van der Waals surface area contributed by atoms with E-state index in [1.165, 1.54) is 9.80 Å². The number of thiocarbonyl (C=S) groups is 1. The Kier molecular flexibility index (Phi) is 7.68. The molecule has 0 atom stereocenters. The number of nitrogens with zero attached hydrogens (tertiary/aromatic N) is 3. The van der Waals surface area contributed by atoms with Crippen LogP contribution in [0.15, 0.2) is 70.9 Å². The van der Waals surface area contributed by atoms with Crippen LogP contribution in [0, 0.1) is 0 Å². The van der Waals surface area contributed by atoms with Gasteiger partial charge in [0.2, 0.25) is 0 Å². The zero-order valence-electron chi connectivity index (χ0n) is 22.3. The quantitative estimate of drug-likeness (QED) is 0.288. The molecule has 0 saturated carbocycles. The molecule has 194 valence electrons. The van der Waals surface area contributed by atoms with Gasteiger partial charge in [0.15, 0.2) is 5.11 Å². The second kappa shape index (κ2) is 10.8. The van der Waals surface area contributed by atoms with E-state index in [1.54, 1.807) is 25.2 Å². The molecular formula is C29H33N3O4S. The topological polar surface area (TPSA) is 62.3 Å². The summed E-state index contributed by atoms with van der Waals surface area (Å²) >= 11 is 5.39. The number of allylic oxidation sites excluding steroid dienone is 7. The average Bonchev–Trinajstić information content (AvgIpc) is 2.85. The van der Waals surface area contributed by atoms with Gasteiger partial charge in [0, 0.05) is 49.6 Å². The van der Waals surface area contributed by atoms with E-state index in [-0.39, 0.29) is 10.7 Å². The third kappa shape index (κ3) is 4.98. The summed E-state index contributed by atoms with van der Waals surface area (Å²) in [7, 11) is 0. The molecule has 3 aliphatic heterocycles. The summed E-state index contributed by atoms with van der Waals surface area (Å²) in [5, 5.41) is 0.238. The maximum atomic E-state index is 13.2. The molecule has 8 heteroatoms. The first-order valence-electron chi connectivity index (χ1n) is 12.7. The SMILES string of the molecule is CCN1C(=O)C(=C2C=C(C)OC(C=C3C=C(C)c4ccc(N(CC)CC)cc4O3)=C2)C(=O)N(CC)C1=S. The number of likely N-dealkylation sites (N-methyl/N-ethyl adjacent to an activating group) is 2. The lowest BCUT2D eigenvalue weighted by molar-refractivity contribution is -0.133. The summed E-state index contributed by atoms with van der Waals surface area (Å²) < 4.78 is 12.2. The second-order valence-corrected chi connectivity index (χ2v) is 9.31. The van der Waals surface area contributed by atoms with Crippen molar-refractivity contribution < 1.29 is 19.1 Å². The molecule has 0 unspecified atom stereocenters. The van der Waals surface area contributed by atoms with Gasteiger partial charge in [-0.3, -0.25) is 19.4 Å². The summed E-state index contributed by atoms with van der Waals surface area (Å²) in [6.45, 7) is 14.3. The van der Waals surface area contributed by atoms with Crippen molar-refractivity contribution >= 4 is 40.4 Å².